The molecule has 0 aliphatic heterocycles. The minimum atomic E-state index is -0.359. The maximum absolute atomic E-state index is 13.8. The SMILES string of the molecule is CNC(c1ccc(OC)c(F)c1)c1cn(C)nc1C. The number of halogens is 1. The Morgan fingerprint density at radius 1 is 1.42 bits per heavy atom. The zero-order valence-corrected chi connectivity index (χ0v) is 11.6. The first-order chi connectivity index (χ1) is 9.06. The summed E-state index contributed by atoms with van der Waals surface area (Å²) in [6.07, 6.45) is 1.94. The van der Waals surface area contributed by atoms with Gasteiger partial charge < -0.3 is 10.1 Å². The monoisotopic (exact) mass is 263 g/mol. The highest BCUT2D eigenvalue weighted by molar-refractivity contribution is 5.37. The van der Waals surface area contributed by atoms with E-state index in [1.165, 1.54) is 13.2 Å². The topological polar surface area (TPSA) is 39.1 Å². The Hall–Kier alpha value is -1.88. The van der Waals surface area contributed by atoms with Gasteiger partial charge in [0.05, 0.1) is 18.8 Å². The van der Waals surface area contributed by atoms with Gasteiger partial charge in [0.15, 0.2) is 11.6 Å². The molecule has 1 unspecified atom stereocenters. The minimum absolute atomic E-state index is 0.0888. The van der Waals surface area contributed by atoms with Crippen LogP contribution in [0.4, 0.5) is 4.39 Å². The first kappa shape index (κ1) is 13.5. The van der Waals surface area contributed by atoms with Crippen LogP contribution in [0.15, 0.2) is 24.4 Å². The maximum atomic E-state index is 13.8. The molecule has 0 aliphatic rings. The number of hydrogen-bond acceptors (Lipinski definition) is 3. The molecule has 1 aromatic carbocycles. The molecule has 0 bridgehead atoms. The van der Waals surface area contributed by atoms with Crippen molar-refractivity contribution in [2.24, 2.45) is 7.05 Å². The van der Waals surface area contributed by atoms with Crippen LogP contribution in [0.3, 0.4) is 0 Å². The predicted octanol–water partition coefficient (Wildman–Crippen LogP) is 2.19. The van der Waals surface area contributed by atoms with Crippen LogP contribution in [0, 0.1) is 12.7 Å². The fraction of sp³-hybridized carbons (Fsp3) is 0.357. The van der Waals surface area contributed by atoms with E-state index in [2.05, 4.69) is 10.4 Å². The number of nitrogens with zero attached hydrogens (tertiary/aromatic N) is 2. The first-order valence-electron chi connectivity index (χ1n) is 6.07. The second-order valence-corrected chi connectivity index (χ2v) is 4.46. The van der Waals surface area contributed by atoms with Crippen LogP contribution in [0.1, 0.15) is 22.9 Å². The molecule has 0 amide bonds. The van der Waals surface area contributed by atoms with E-state index in [-0.39, 0.29) is 17.6 Å². The number of methoxy groups -OCH3 is 1. The summed E-state index contributed by atoms with van der Waals surface area (Å²) in [7, 11) is 5.18. The summed E-state index contributed by atoms with van der Waals surface area (Å²) < 4.78 is 20.5. The Morgan fingerprint density at radius 3 is 2.63 bits per heavy atom. The molecule has 0 saturated heterocycles. The van der Waals surface area contributed by atoms with Gasteiger partial charge in [0.25, 0.3) is 0 Å². The van der Waals surface area contributed by atoms with E-state index in [9.17, 15) is 4.39 Å². The Kier molecular flexibility index (Phi) is 3.85. The molecule has 0 saturated carbocycles. The highest BCUT2D eigenvalue weighted by atomic mass is 19.1. The number of aryl methyl sites for hydroxylation is 2. The van der Waals surface area contributed by atoms with Crippen molar-refractivity contribution in [3.63, 3.8) is 0 Å². The van der Waals surface area contributed by atoms with Crippen LogP contribution < -0.4 is 10.1 Å². The molecule has 5 heteroatoms. The Balaban J connectivity index is 2.42. The van der Waals surface area contributed by atoms with Gasteiger partial charge in [0.1, 0.15) is 0 Å². The predicted molar refractivity (Wildman–Crippen MR) is 71.8 cm³/mol. The number of aromatic nitrogens is 2. The van der Waals surface area contributed by atoms with E-state index in [0.29, 0.717) is 0 Å². The van der Waals surface area contributed by atoms with E-state index in [1.807, 2.05) is 33.3 Å². The Morgan fingerprint density at radius 2 is 2.16 bits per heavy atom. The Bertz CT molecular complexity index is 580. The lowest BCUT2D eigenvalue weighted by Crippen LogP contribution is -2.18. The van der Waals surface area contributed by atoms with Gasteiger partial charge in [0.2, 0.25) is 0 Å². The molecule has 1 heterocycles. The normalized spacial score (nSPS) is 12.5. The van der Waals surface area contributed by atoms with Gasteiger partial charge in [-0.05, 0) is 31.7 Å². The summed E-state index contributed by atoms with van der Waals surface area (Å²) in [5.74, 6) is -0.108. The van der Waals surface area contributed by atoms with E-state index >= 15 is 0 Å². The second-order valence-electron chi connectivity index (χ2n) is 4.46. The van der Waals surface area contributed by atoms with Gasteiger partial charge in [-0.25, -0.2) is 4.39 Å². The van der Waals surface area contributed by atoms with Crippen LogP contribution in [0.2, 0.25) is 0 Å². The quantitative estimate of drug-likeness (QED) is 0.919. The summed E-state index contributed by atoms with van der Waals surface area (Å²) in [4.78, 5) is 0. The molecule has 1 N–H and O–H groups in total. The number of rotatable bonds is 4. The van der Waals surface area contributed by atoms with Gasteiger partial charge in [-0.15, -0.1) is 0 Å². The number of nitrogens with one attached hydrogen (secondary N) is 1. The van der Waals surface area contributed by atoms with Crippen LogP contribution >= 0.6 is 0 Å². The standard InChI is InChI=1S/C14H18FN3O/c1-9-11(8-18(3)17-9)14(16-2)10-5-6-13(19-4)12(15)7-10/h5-8,14,16H,1-4H3. The van der Waals surface area contributed by atoms with Crippen molar-refractivity contribution in [1.29, 1.82) is 0 Å². The summed E-state index contributed by atoms with van der Waals surface area (Å²) in [6.45, 7) is 1.94. The van der Waals surface area contributed by atoms with Crippen molar-refractivity contribution in [2.45, 2.75) is 13.0 Å². The molecule has 19 heavy (non-hydrogen) atoms. The minimum Gasteiger partial charge on any atom is -0.494 e. The molecular formula is C14H18FN3O. The van der Waals surface area contributed by atoms with E-state index in [1.54, 1.807) is 10.7 Å². The summed E-state index contributed by atoms with van der Waals surface area (Å²) >= 11 is 0. The van der Waals surface area contributed by atoms with Crippen molar-refractivity contribution in [3.05, 3.63) is 47.0 Å². The fourth-order valence-electron chi connectivity index (χ4n) is 2.27. The fourth-order valence-corrected chi connectivity index (χ4v) is 2.27. The van der Waals surface area contributed by atoms with Crippen molar-refractivity contribution in [1.82, 2.24) is 15.1 Å². The lowest BCUT2D eigenvalue weighted by atomic mass is 9.99. The molecule has 0 spiro atoms. The highest BCUT2D eigenvalue weighted by Crippen LogP contribution is 2.27. The van der Waals surface area contributed by atoms with Crippen LogP contribution in [-0.4, -0.2) is 23.9 Å². The van der Waals surface area contributed by atoms with Gasteiger partial charge in [-0.2, -0.15) is 5.10 Å². The average Bonchev–Trinajstić information content (AvgIpc) is 2.70. The number of benzene rings is 1. The zero-order valence-electron chi connectivity index (χ0n) is 11.6. The summed E-state index contributed by atoms with van der Waals surface area (Å²) in [6, 6.07) is 4.90. The third kappa shape index (κ3) is 2.61. The molecule has 0 aliphatic carbocycles. The highest BCUT2D eigenvalue weighted by Gasteiger charge is 2.18. The van der Waals surface area contributed by atoms with Gasteiger partial charge in [-0.3, -0.25) is 4.68 Å². The summed E-state index contributed by atoms with van der Waals surface area (Å²) in [5.41, 5.74) is 2.81. The molecule has 2 rings (SSSR count). The molecule has 102 valence electrons. The lowest BCUT2D eigenvalue weighted by Gasteiger charge is -2.16. The van der Waals surface area contributed by atoms with E-state index in [0.717, 1.165) is 16.8 Å². The largest absolute Gasteiger partial charge is 0.494 e. The molecule has 1 atom stereocenters. The van der Waals surface area contributed by atoms with Crippen LogP contribution in [0.25, 0.3) is 0 Å². The van der Waals surface area contributed by atoms with E-state index in [4.69, 9.17) is 4.74 Å². The van der Waals surface area contributed by atoms with Crippen molar-refractivity contribution < 1.29 is 9.13 Å². The van der Waals surface area contributed by atoms with Gasteiger partial charge in [0, 0.05) is 18.8 Å². The van der Waals surface area contributed by atoms with Crippen molar-refractivity contribution in [3.8, 4) is 5.75 Å². The zero-order chi connectivity index (χ0) is 14.0. The molecular weight excluding hydrogens is 245 g/mol. The first-order valence-corrected chi connectivity index (χ1v) is 6.07. The van der Waals surface area contributed by atoms with Crippen molar-refractivity contribution in [2.75, 3.05) is 14.2 Å². The number of hydrogen-bond donors (Lipinski definition) is 1. The molecule has 4 nitrogen and oxygen atoms in total. The third-order valence-corrected chi connectivity index (χ3v) is 3.16. The van der Waals surface area contributed by atoms with Gasteiger partial charge in [-0.1, -0.05) is 6.07 Å². The van der Waals surface area contributed by atoms with Crippen molar-refractivity contribution >= 4 is 0 Å². The second kappa shape index (κ2) is 5.40. The molecule has 0 fully saturated rings. The van der Waals surface area contributed by atoms with E-state index < -0.39 is 0 Å². The molecule has 1 aromatic heterocycles. The lowest BCUT2D eigenvalue weighted by molar-refractivity contribution is 0.386. The smallest absolute Gasteiger partial charge is 0.165 e. The number of ether oxygens (including phenoxy) is 1. The third-order valence-electron chi connectivity index (χ3n) is 3.16. The molecule has 2 aromatic rings. The van der Waals surface area contributed by atoms with Gasteiger partial charge >= 0.3 is 0 Å². The maximum Gasteiger partial charge on any atom is 0.165 e. The molecule has 0 radical (unpaired) electrons. The van der Waals surface area contributed by atoms with Crippen LogP contribution in [-0.2, 0) is 7.05 Å². The van der Waals surface area contributed by atoms with Crippen LogP contribution in [0.5, 0.6) is 5.75 Å². The Labute approximate surface area is 112 Å². The average molecular weight is 263 g/mol. The summed E-state index contributed by atoms with van der Waals surface area (Å²) in [5, 5.41) is 7.51.